The van der Waals surface area contributed by atoms with Gasteiger partial charge >= 0.3 is 0 Å². The number of nitrogens with two attached hydrogens (primary N) is 1. The summed E-state index contributed by atoms with van der Waals surface area (Å²) in [6.45, 7) is 7.65. The molecular formula is C21H28ClN3O2. The summed E-state index contributed by atoms with van der Waals surface area (Å²) in [5, 5.41) is 5.79. The number of hydrogen-bond donors (Lipinski definition) is 3. The number of benzene rings is 2. The van der Waals surface area contributed by atoms with Gasteiger partial charge in [0.2, 0.25) is 5.91 Å². The first-order valence-electron chi connectivity index (χ1n) is 8.74. The standard InChI is InChI=1S/C21H27N3O2.ClH/c1-5-20(2,3)24-18(25)15-11-13-17(14-12-15)23-19(26)21(4,22)16-9-7-6-8-10-16;/h6-14H,5,22H2,1-4H3,(H,23,26)(H,24,25);1H. The molecule has 2 amide bonds. The van der Waals surface area contributed by atoms with E-state index in [4.69, 9.17) is 5.73 Å². The van der Waals surface area contributed by atoms with Crippen molar-refractivity contribution in [1.29, 1.82) is 0 Å². The minimum Gasteiger partial charge on any atom is -0.347 e. The molecule has 0 aromatic heterocycles. The lowest BCUT2D eigenvalue weighted by Crippen LogP contribution is -2.45. The van der Waals surface area contributed by atoms with Crippen molar-refractivity contribution in [2.75, 3.05) is 5.32 Å². The molecule has 0 radical (unpaired) electrons. The van der Waals surface area contributed by atoms with Gasteiger partial charge in [-0.2, -0.15) is 0 Å². The van der Waals surface area contributed by atoms with E-state index in [9.17, 15) is 9.59 Å². The van der Waals surface area contributed by atoms with Gasteiger partial charge in [0.05, 0.1) is 0 Å². The Bertz CT molecular complexity index is 772. The van der Waals surface area contributed by atoms with Gasteiger partial charge in [0.25, 0.3) is 5.91 Å². The van der Waals surface area contributed by atoms with Gasteiger partial charge in [-0.25, -0.2) is 0 Å². The molecule has 0 saturated carbocycles. The van der Waals surface area contributed by atoms with Crippen molar-refractivity contribution in [2.45, 2.75) is 45.2 Å². The number of carbonyl (C=O) groups excluding carboxylic acids is 2. The Morgan fingerprint density at radius 3 is 2.04 bits per heavy atom. The molecular weight excluding hydrogens is 362 g/mol. The molecule has 0 heterocycles. The van der Waals surface area contributed by atoms with E-state index in [1.807, 2.05) is 51.1 Å². The Hall–Kier alpha value is -2.37. The van der Waals surface area contributed by atoms with Crippen molar-refractivity contribution >= 4 is 29.9 Å². The molecule has 2 aromatic carbocycles. The molecule has 146 valence electrons. The molecule has 27 heavy (non-hydrogen) atoms. The van der Waals surface area contributed by atoms with Crippen LogP contribution in [-0.4, -0.2) is 17.4 Å². The van der Waals surface area contributed by atoms with Crippen LogP contribution in [0.3, 0.4) is 0 Å². The van der Waals surface area contributed by atoms with Crippen LogP contribution in [0.15, 0.2) is 54.6 Å². The lowest BCUT2D eigenvalue weighted by Gasteiger charge is -2.25. The average Bonchev–Trinajstić information content (AvgIpc) is 2.62. The lowest BCUT2D eigenvalue weighted by atomic mass is 9.92. The highest BCUT2D eigenvalue weighted by Gasteiger charge is 2.30. The highest BCUT2D eigenvalue weighted by atomic mass is 35.5. The van der Waals surface area contributed by atoms with E-state index in [1.165, 1.54) is 0 Å². The third-order valence-electron chi connectivity index (χ3n) is 4.59. The van der Waals surface area contributed by atoms with E-state index in [-0.39, 0.29) is 29.8 Å². The Kier molecular flexibility index (Phi) is 7.57. The van der Waals surface area contributed by atoms with Gasteiger partial charge < -0.3 is 16.4 Å². The van der Waals surface area contributed by atoms with E-state index in [2.05, 4.69) is 10.6 Å². The van der Waals surface area contributed by atoms with Gasteiger partial charge in [0, 0.05) is 16.8 Å². The van der Waals surface area contributed by atoms with Crippen LogP contribution in [0.25, 0.3) is 0 Å². The predicted octanol–water partition coefficient (Wildman–Crippen LogP) is 3.84. The van der Waals surface area contributed by atoms with Crippen LogP contribution < -0.4 is 16.4 Å². The molecule has 1 atom stereocenters. The summed E-state index contributed by atoms with van der Waals surface area (Å²) < 4.78 is 0. The first-order valence-corrected chi connectivity index (χ1v) is 8.74. The Morgan fingerprint density at radius 2 is 1.52 bits per heavy atom. The smallest absolute Gasteiger partial charge is 0.251 e. The molecule has 2 rings (SSSR count). The number of anilines is 1. The van der Waals surface area contributed by atoms with Crippen LogP contribution in [0.4, 0.5) is 5.69 Å². The van der Waals surface area contributed by atoms with E-state index in [1.54, 1.807) is 31.2 Å². The third kappa shape index (κ3) is 5.81. The van der Waals surface area contributed by atoms with Crippen molar-refractivity contribution in [3.63, 3.8) is 0 Å². The summed E-state index contributed by atoms with van der Waals surface area (Å²) in [5.74, 6) is -0.448. The van der Waals surface area contributed by atoms with Gasteiger partial charge in [-0.15, -0.1) is 12.4 Å². The maximum Gasteiger partial charge on any atom is 0.251 e. The second-order valence-electron chi connectivity index (χ2n) is 7.29. The quantitative estimate of drug-likeness (QED) is 0.701. The molecule has 0 spiro atoms. The third-order valence-corrected chi connectivity index (χ3v) is 4.59. The van der Waals surface area contributed by atoms with Gasteiger partial charge in [-0.3, -0.25) is 9.59 Å². The molecule has 0 saturated heterocycles. The zero-order chi connectivity index (χ0) is 19.4. The zero-order valence-electron chi connectivity index (χ0n) is 16.2. The first kappa shape index (κ1) is 22.7. The predicted molar refractivity (Wildman–Crippen MR) is 112 cm³/mol. The van der Waals surface area contributed by atoms with Gasteiger partial charge in [0.1, 0.15) is 5.54 Å². The number of halogens is 1. The van der Waals surface area contributed by atoms with Crippen molar-refractivity contribution in [2.24, 2.45) is 5.73 Å². The molecule has 0 aliphatic heterocycles. The summed E-state index contributed by atoms with van der Waals surface area (Å²) in [7, 11) is 0. The molecule has 4 N–H and O–H groups in total. The van der Waals surface area contributed by atoms with Gasteiger partial charge in [-0.05, 0) is 57.0 Å². The summed E-state index contributed by atoms with van der Waals surface area (Å²) >= 11 is 0. The zero-order valence-corrected chi connectivity index (χ0v) is 17.0. The number of hydrogen-bond acceptors (Lipinski definition) is 3. The van der Waals surface area contributed by atoms with Gasteiger partial charge in [-0.1, -0.05) is 37.3 Å². The summed E-state index contributed by atoms with van der Waals surface area (Å²) in [6.07, 6.45) is 0.835. The van der Waals surface area contributed by atoms with Crippen LogP contribution >= 0.6 is 12.4 Å². The van der Waals surface area contributed by atoms with E-state index in [0.29, 0.717) is 11.3 Å². The van der Waals surface area contributed by atoms with Crippen LogP contribution in [-0.2, 0) is 10.3 Å². The number of carbonyl (C=O) groups is 2. The van der Waals surface area contributed by atoms with E-state index in [0.717, 1.165) is 12.0 Å². The maximum absolute atomic E-state index is 12.6. The highest BCUT2D eigenvalue weighted by molar-refractivity contribution is 5.99. The van der Waals surface area contributed by atoms with Crippen molar-refractivity contribution in [1.82, 2.24) is 5.32 Å². The minimum atomic E-state index is -1.15. The molecule has 6 heteroatoms. The van der Waals surface area contributed by atoms with Crippen LogP contribution in [0.2, 0.25) is 0 Å². The average molecular weight is 390 g/mol. The van der Waals surface area contributed by atoms with Gasteiger partial charge in [0.15, 0.2) is 0 Å². The largest absolute Gasteiger partial charge is 0.347 e. The Balaban J connectivity index is 0.00000364. The Labute approximate surface area is 167 Å². The second-order valence-corrected chi connectivity index (χ2v) is 7.29. The fourth-order valence-corrected chi connectivity index (χ4v) is 2.35. The minimum absolute atomic E-state index is 0. The second kappa shape index (κ2) is 9.02. The molecule has 1 unspecified atom stereocenters. The number of amides is 2. The van der Waals surface area contributed by atoms with Crippen LogP contribution in [0.1, 0.15) is 50.0 Å². The fourth-order valence-electron chi connectivity index (χ4n) is 2.35. The highest BCUT2D eigenvalue weighted by Crippen LogP contribution is 2.20. The molecule has 0 aliphatic rings. The Morgan fingerprint density at radius 1 is 0.963 bits per heavy atom. The van der Waals surface area contributed by atoms with E-state index < -0.39 is 5.54 Å². The summed E-state index contributed by atoms with van der Waals surface area (Å²) in [6, 6.07) is 16.0. The summed E-state index contributed by atoms with van der Waals surface area (Å²) in [4.78, 5) is 24.8. The van der Waals surface area contributed by atoms with Crippen LogP contribution in [0, 0.1) is 0 Å². The monoisotopic (exact) mass is 389 g/mol. The van der Waals surface area contributed by atoms with Crippen molar-refractivity contribution in [3.05, 3.63) is 65.7 Å². The molecule has 0 fully saturated rings. The lowest BCUT2D eigenvalue weighted by molar-refractivity contribution is -0.120. The van der Waals surface area contributed by atoms with Crippen molar-refractivity contribution in [3.8, 4) is 0 Å². The normalized spacial score (nSPS) is 13.1. The molecule has 5 nitrogen and oxygen atoms in total. The maximum atomic E-state index is 12.6. The number of rotatable bonds is 6. The number of nitrogens with one attached hydrogen (secondary N) is 2. The fraction of sp³-hybridized carbons (Fsp3) is 0.333. The molecule has 2 aromatic rings. The first-order chi connectivity index (χ1) is 12.2. The SMILES string of the molecule is CCC(C)(C)NC(=O)c1ccc(NC(=O)C(C)(N)c2ccccc2)cc1.Cl. The van der Waals surface area contributed by atoms with Crippen LogP contribution in [0.5, 0.6) is 0 Å². The van der Waals surface area contributed by atoms with E-state index >= 15 is 0 Å². The van der Waals surface area contributed by atoms with Crippen molar-refractivity contribution < 1.29 is 9.59 Å². The summed E-state index contributed by atoms with van der Waals surface area (Å²) in [5.41, 5.74) is 6.67. The topological polar surface area (TPSA) is 84.2 Å². The molecule has 0 bridgehead atoms. The molecule has 0 aliphatic carbocycles.